The molecule has 0 heterocycles. The van der Waals surface area contributed by atoms with Crippen LogP contribution in [0.2, 0.25) is 0 Å². The first-order valence-corrected chi connectivity index (χ1v) is 5.89. The Hall–Kier alpha value is -0.830. The van der Waals surface area contributed by atoms with E-state index in [4.69, 9.17) is 0 Å². The molecule has 0 fully saturated rings. The van der Waals surface area contributed by atoms with E-state index in [0.29, 0.717) is 11.4 Å². The second-order valence-corrected chi connectivity index (χ2v) is 5.34. The number of alkyl halides is 1. The maximum absolute atomic E-state index is 12.0. The summed E-state index contributed by atoms with van der Waals surface area (Å²) in [6, 6.07) is 7.66. The Labute approximate surface area is 99.4 Å². The predicted octanol–water partition coefficient (Wildman–Crippen LogP) is 2.85. The van der Waals surface area contributed by atoms with Gasteiger partial charge in [-0.15, -0.1) is 0 Å². The molecule has 1 aromatic carbocycles. The number of benzene rings is 1. The third-order valence-corrected chi connectivity index (χ3v) is 2.54. The van der Waals surface area contributed by atoms with Crippen LogP contribution in [0.1, 0.15) is 22.8 Å². The standard InChI is InChI=1S/C12H16BrNO/c1-9-6-4-5-7-11(9)12(15)14(3)8-10(2)13/h4-7,10H,8H2,1-3H3. The van der Waals surface area contributed by atoms with Crippen molar-refractivity contribution in [2.45, 2.75) is 18.7 Å². The highest BCUT2D eigenvalue weighted by molar-refractivity contribution is 9.09. The number of rotatable bonds is 3. The minimum absolute atomic E-state index is 0.0828. The van der Waals surface area contributed by atoms with Crippen LogP contribution in [0.5, 0.6) is 0 Å². The van der Waals surface area contributed by atoms with Gasteiger partial charge in [0, 0.05) is 24.0 Å². The molecular formula is C12H16BrNO. The van der Waals surface area contributed by atoms with Crippen LogP contribution in [-0.2, 0) is 0 Å². The fourth-order valence-corrected chi connectivity index (χ4v) is 1.91. The SMILES string of the molecule is Cc1ccccc1C(=O)N(C)CC(C)Br. The fraction of sp³-hybridized carbons (Fsp3) is 0.417. The van der Waals surface area contributed by atoms with Crippen molar-refractivity contribution >= 4 is 21.8 Å². The fourth-order valence-electron chi connectivity index (χ4n) is 1.48. The lowest BCUT2D eigenvalue weighted by Gasteiger charge is -2.19. The zero-order chi connectivity index (χ0) is 11.4. The van der Waals surface area contributed by atoms with Gasteiger partial charge < -0.3 is 4.90 Å². The summed E-state index contributed by atoms with van der Waals surface area (Å²) in [5, 5.41) is 0. The number of halogens is 1. The van der Waals surface area contributed by atoms with Gasteiger partial charge in [-0.1, -0.05) is 41.1 Å². The van der Waals surface area contributed by atoms with Crippen LogP contribution in [0.15, 0.2) is 24.3 Å². The Morgan fingerprint density at radius 1 is 1.47 bits per heavy atom. The summed E-state index contributed by atoms with van der Waals surface area (Å²) in [5.41, 5.74) is 1.81. The molecule has 0 aromatic heterocycles. The number of amides is 1. The molecule has 1 atom stereocenters. The smallest absolute Gasteiger partial charge is 0.253 e. The Balaban J connectivity index is 2.81. The molecule has 0 radical (unpaired) electrons. The highest BCUT2D eigenvalue weighted by atomic mass is 79.9. The summed E-state index contributed by atoms with van der Waals surface area (Å²) in [5.74, 6) is 0.0828. The third-order valence-electron chi connectivity index (χ3n) is 2.25. The van der Waals surface area contributed by atoms with Crippen molar-refractivity contribution in [2.24, 2.45) is 0 Å². The molecule has 1 aromatic rings. The molecule has 0 aliphatic carbocycles. The first-order chi connectivity index (χ1) is 7.02. The summed E-state index contributed by atoms with van der Waals surface area (Å²) in [4.78, 5) is 14.1. The zero-order valence-corrected chi connectivity index (χ0v) is 10.9. The van der Waals surface area contributed by atoms with Gasteiger partial charge in [0.15, 0.2) is 0 Å². The Morgan fingerprint density at radius 2 is 2.07 bits per heavy atom. The molecule has 0 bridgehead atoms. The Bertz CT molecular complexity index is 349. The quantitative estimate of drug-likeness (QED) is 0.773. The molecule has 15 heavy (non-hydrogen) atoms. The highest BCUT2D eigenvalue weighted by Crippen LogP contribution is 2.11. The van der Waals surface area contributed by atoms with Gasteiger partial charge in [0.05, 0.1) is 0 Å². The lowest BCUT2D eigenvalue weighted by molar-refractivity contribution is 0.0796. The van der Waals surface area contributed by atoms with Crippen molar-refractivity contribution in [1.82, 2.24) is 4.90 Å². The molecule has 0 aliphatic heterocycles. The molecule has 0 N–H and O–H groups in total. The van der Waals surface area contributed by atoms with Crippen LogP contribution in [0.3, 0.4) is 0 Å². The molecule has 3 heteroatoms. The van der Waals surface area contributed by atoms with Gasteiger partial charge in [0.25, 0.3) is 5.91 Å². The summed E-state index contributed by atoms with van der Waals surface area (Å²) >= 11 is 3.44. The van der Waals surface area contributed by atoms with E-state index in [1.54, 1.807) is 4.90 Å². The molecule has 0 saturated heterocycles. The van der Waals surface area contributed by atoms with Crippen LogP contribution in [0.4, 0.5) is 0 Å². The monoisotopic (exact) mass is 269 g/mol. The average molecular weight is 270 g/mol. The molecule has 1 unspecified atom stereocenters. The van der Waals surface area contributed by atoms with Crippen molar-refractivity contribution in [3.05, 3.63) is 35.4 Å². The van der Waals surface area contributed by atoms with E-state index in [0.717, 1.165) is 11.1 Å². The summed E-state index contributed by atoms with van der Waals surface area (Å²) in [6.07, 6.45) is 0. The number of aryl methyl sites for hydroxylation is 1. The number of hydrogen-bond acceptors (Lipinski definition) is 1. The van der Waals surface area contributed by atoms with E-state index in [-0.39, 0.29) is 5.91 Å². The van der Waals surface area contributed by atoms with Gasteiger partial charge in [-0.05, 0) is 18.6 Å². The van der Waals surface area contributed by atoms with Crippen LogP contribution in [0, 0.1) is 6.92 Å². The first kappa shape index (κ1) is 12.2. The maximum Gasteiger partial charge on any atom is 0.253 e. The van der Waals surface area contributed by atoms with Gasteiger partial charge in [-0.25, -0.2) is 0 Å². The van der Waals surface area contributed by atoms with Crippen molar-refractivity contribution in [1.29, 1.82) is 0 Å². The molecule has 82 valence electrons. The molecular weight excluding hydrogens is 254 g/mol. The summed E-state index contributed by atoms with van der Waals surface area (Å²) in [6.45, 7) is 4.70. The molecule has 2 nitrogen and oxygen atoms in total. The molecule has 1 rings (SSSR count). The lowest BCUT2D eigenvalue weighted by atomic mass is 10.1. The van der Waals surface area contributed by atoms with Crippen LogP contribution in [0.25, 0.3) is 0 Å². The maximum atomic E-state index is 12.0. The van der Waals surface area contributed by atoms with Gasteiger partial charge in [-0.2, -0.15) is 0 Å². The predicted molar refractivity (Wildman–Crippen MR) is 66.5 cm³/mol. The Kier molecular flexibility index (Phi) is 4.33. The minimum Gasteiger partial charge on any atom is -0.341 e. The average Bonchev–Trinajstić information content (AvgIpc) is 2.16. The van der Waals surface area contributed by atoms with E-state index < -0.39 is 0 Å². The van der Waals surface area contributed by atoms with Crippen molar-refractivity contribution in [3.63, 3.8) is 0 Å². The first-order valence-electron chi connectivity index (χ1n) is 4.97. The number of carbonyl (C=O) groups excluding carboxylic acids is 1. The lowest BCUT2D eigenvalue weighted by Crippen LogP contribution is -2.31. The van der Waals surface area contributed by atoms with E-state index in [1.807, 2.05) is 45.2 Å². The second-order valence-electron chi connectivity index (χ2n) is 3.78. The van der Waals surface area contributed by atoms with Gasteiger partial charge in [-0.3, -0.25) is 4.79 Å². The van der Waals surface area contributed by atoms with E-state index in [1.165, 1.54) is 0 Å². The van der Waals surface area contributed by atoms with Crippen molar-refractivity contribution in [2.75, 3.05) is 13.6 Å². The highest BCUT2D eigenvalue weighted by Gasteiger charge is 2.14. The molecule has 0 aliphatic rings. The minimum atomic E-state index is 0.0828. The second kappa shape index (κ2) is 5.31. The third kappa shape index (κ3) is 3.34. The van der Waals surface area contributed by atoms with E-state index in [9.17, 15) is 4.79 Å². The van der Waals surface area contributed by atoms with Crippen molar-refractivity contribution in [3.8, 4) is 0 Å². The topological polar surface area (TPSA) is 20.3 Å². The van der Waals surface area contributed by atoms with Gasteiger partial charge >= 0.3 is 0 Å². The Morgan fingerprint density at radius 3 is 2.60 bits per heavy atom. The van der Waals surface area contributed by atoms with Gasteiger partial charge in [0.2, 0.25) is 0 Å². The largest absolute Gasteiger partial charge is 0.341 e. The van der Waals surface area contributed by atoms with Crippen LogP contribution >= 0.6 is 15.9 Å². The number of nitrogens with zero attached hydrogens (tertiary/aromatic N) is 1. The number of carbonyl (C=O) groups is 1. The van der Waals surface area contributed by atoms with E-state index >= 15 is 0 Å². The molecule has 0 saturated carbocycles. The number of hydrogen-bond donors (Lipinski definition) is 0. The summed E-state index contributed by atoms with van der Waals surface area (Å²) in [7, 11) is 1.83. The van der Waals surface area contributed by atoms with E-state index in [2.05, 4.69) is 15.9 Å². The normalized spacial score (nSPS) is 12.3. The van der Waals surface area contributed by atoms with Crippen LogP contribution in [-0.4, -0.2) is 29.2 Å². The van der Waals surface area contributed by atoms with Gasteiger partial charge in [0.1, 0.15) is 0 Å². The molecule has 0 spiro atoms. The molecule has 1 amide bonds. The van der Waals surface area contributed by atoms with Crippen LogP contribution < -0.4 is 0 Å². The summed E-state index contributed by atoms with van der Waals surface area (Å²) < 4.78 is 0. The van der Waals surface area contributed by atoms with Crippen molar-refractivity contribution < 1.29 is 4.79 Å². The zero-order valence-electron chi connectivity index (χ0n) is 9.33.